The first-order valence-corrected chi connectivity index (χ1v) is 11.0. The minimum absolute atomic E-state index is 0. The Balaban J connectivity index is 0.00000306. The van der Waals surface area contributed by atoms with Gasteiger partial charge in [0.05, 0.1) is 11.5 Å². The van der Waals surface area contributed by atoms with E-state index in [4.69, 9.17) is 0 Å². The van der Waals surface area contributed by atoms with Crippen LogP contribution in [-0.4, -0.2) is 54.0 Å². The number of carbonyl (C=O) groups excluding carboxylic acids is 1. The van der Waals surface area contributed by atoms with Gasteiger partial charge in [-0.2, -0.15) is 0 Å². The van der Waals surface area contributed by atoms with Crippen LogP contribution in [0.3, 0.4) is 0 Å². The molecule has 1 N–H and O–H groups in total. The van der Waals surface area contributed by atoms with Crippen LogP contribution >= 0.6 is 12.4 Å². The minimum atomic E-state index is -1.18. The Hall–Kier alpha value is -2.09. The summed E-state index contributed by atoms with van der Waals surface area (Å²) in [5.74, 6) is -3.08. The first-order valence-electron chi connectivity index (χ1n) is 11.0. The first-order chi connectivity index (χ1) is 15.1. The lowest BCUT2D eigenvalue weighted by Crippen LogP contribution is -2.57. The van der Waals surface area contributed by atoms with Gasteiger partial charge in [0.1, 0.15) is 17.5 Å². The van der Waals surface area contributed by atoms with Crippen molar-refractivity contribution in [1.82, 2.24) is 9.80 Å². The Morgan fingerprint density at radius 1 is 0.939 bits per heavy atom. The molecular weight excluding hydrogens is 453 g/mol. The topological polar surface area (TPSA) is 43.8 Å². The SMILES string of the molecule is C[C@@H]1CN(C(=O)[C@@H]2CN(C)C[C@H]2c2ccc(F)cc2F)C[C@H](C)C1(O)c1ccc(F)cc1.Cl. The molecule has 4 rings (SSSR count). The van der Waals surface area contributed by atoms with Gasteiger partial charge in [-0.25, -0.2) is 13.2 Å². The molecule has 8 heteroatoms. The standard InChI is InChI=1S/C25H29F3N2O2.ClH/c1-15-11-30(12-16(2)25(15,32)17-4-6-18(26)7-5-17)24(31)22-14-29(3)13-21(22)20-9-8-19(27)10-23(20)28;/h4-10,15-16,21-22,32H,11-14H2,1-3H3;1H/t15-,16+,21-,22+,25?;/m0./s1. The Morgan fingerprint density at radius 2 is 1.52 bits per heavy atom. The fraction of sp³-hybridized carbons (Fsp3) is 0.480. The smallest absolute Gasteiger partial charge is 0.227 e. The van der Waals surface area contributed by atoms with Crippen LogP contribution < -0.4 is 0 Å². The Morgan fingerprint density at radius 3 is 2.09 bits per heavy atom. The fourth-order valence-corrected chi connectivity index (χ4v) is 5.57. The lowest BCUT2D eigenvalue weighted by Gasteiger charge is -2.48. The maximum atomic E-state index is 14.5. The van der Waals surface area contributed by atoms with Crippen molar-refractivity contribution in [3.63, 3.8) is 0 Å². The van der Waals surface area contributed by atoms with Crippen LogP contribution in [0, 0.1) is 35.2 Å². The average Bonchev–Trinajstić information content (AvgIpc) is 3.12. The van der Waals surface area contributed by atoms with Crippen LogP contribution in [0.4, 0.5) is 13.2 Å². The van der Waals surface area contributed by atoms with Crippen molar-refractivity contribution in [2.75, 3.05) is 33.2 Å². The third kappa shape index (κ3) is 4.63. The maximum absolute atomic E-state index is 14.5. The second-order valence-electron chi connectivity index (χ2n) is 9.48. The van der Waals surface area contributed by atoms with Crippen LogP contribution in [0.2, 0.25) is 0 Å². The highest BCUT2D eigenvalue weighted by Gasteiger charge is 2.49. The van der Waals surface area contributed by atoms with Crippen LogP contribution in [0.15, 0.2) is 42.5 Å². The van der Waals surface area contributed by atoms with E-state index < -0.39 is 23.2 Å². The molecular formula is C25H30ClF3N2O2. The van der Waals surface area contributed by atoms with E-state index in [0.717, 1.165) is 6.07 Å². The fourth-order valence-electron chi connectivity index (χ4n) is 5.57. The Bertz CT molecular complexity index is 992. The highest BCUT2D eigenvalue weighted by molar-refractivity contribution is 5.85. The van der Waals surface area contributed by atoms with Crippen molar-refractivity contribution >= 4 is 18.3 Å². The van der Waals surface area contributed by atoms with Gasteiger partial charge in [0, 0.05) is 50.0 Å². The molecule has 2 aromatic rings. The lowest BCUT2D eigenvalue weighted by molar-refractivity contribution is -0.152. The summed E-state index contributed by atoms with van der Waals surface area (Å²) in [6, 6.07) is 9.39. The van der Waals surface area contributed by atoms with Gasteiger partial charge in [-0.3, -0.25) is 4.79 Å². The molecule has 0 spiro atoms. The number of piperidine rings is 1. The van der Waals surface area contributed by atoms with Crippen molar-refractivity contribution < 1.29 is 23.1 Å². The Labute approximate surface area is 198 Å². The monoisotopic (exact) mass is 482 g/mol. The largest absolute Gasteiger partial charge is 0.384 e. The van der Waals surface area contributed by atoms with Gasteiger partial charge >= 0.3 is 0 Å². The number of likely N-dealkylation sites (tertiary alicyclic amines) is 2. The van der Waals surface area contributed by atoms with E-state index in [0.29, 0.717) is 37.3 Å². The number of aliphatic hydroxyl groups is 1. The number of halogens is 4. The van der Waals surface area contributed by atoms with Gasteiger partial charge in [0.25, 0.3) is 0 Å². The predicted octanol–water partition coefficient (Wildman–Crippen LogP) is 4.17. The third-order valence-electron chi connectivity index (χ3n) is 7.29. The number of hydrogen-bond donors (Lipinski definition) is 1. The predicted molar refractivity (Wildman–Crippen MR) is 123 cm³/mol. The van der Waals surface area contributed by atoms with Crippen LogP contribution in [0.5, 0.6) is 0 Å². The van der Waals surface area contributed by atoms with E-state index in [9.17, 15) is 23.1 Å². The summed E-state index contributed by atoms with van der Waals surface area (Å²) in [6.45, 7) is 5.46. The molecule has 2 aliphatic rings. The molecule has 4 nitrogen and oxygen atoms in total. The van der Waals surface area contributed by atoms with Crippen molar-refractivity contribution in [1.29, 1.82) is 0 Å². The molecule has 2 aliphatic heterocycles. The number of amides is 1. The van der Waals surface area contributed by atoms with E-state index in [1.807, 2.05) is 25.8 Å². The number of nitrogens with zero attached hydrogens (tertiary/aromatic N) is 2. The molecule has 180 valence electrons. The molecule has 0 aliphatic carbocycles. The normalized spacial score (nSPS) is 30.2. The molecule has 0 bridgehead atoms. The molecule has 1 unspecified atom stereocenters. The van der Waals surface area contributed by atoms with Crippen molar-refractivity contribution in [3.8, 4) is 0 Å². The van der Waals surface area contributed by atoms with Gasteiger partial charge in [-0.15, -0.1) is 12.4 Å². The van der Waals surface area contributed by atoms with Gasteiger partial charge < -0.3 is 14.9 Å². The summed E-state index contributed by atoms with van der Waals surface area (Å²) in [5.41, 5.74) is -0.188. The van der Waals surface area contributed by atoms with Crippen molar-refractivity contribution in [3.05, 3.63) is 71.0 Å². The van der Waals surface area contributed by atoms with Crippen molar-refractivity contribution in [2.24, 2.45) is 17.8 Å². The zero-order valence-electron chi connectivity index (χ0n) is 19.0. The summed E-state index contributed by atoms with van der Waals surface area (Å²) in [4.78, 5) is 17.3. The summed E-state index contributed by atoms with van der Waals surface area (Å²) < 4.78 is 41.3. The van der Waals surface area contributed by atoms with Crippen molar-refractivity contribution in [2.45, 2.75) is 25.4 Å². The van der Waals surface area contributed by atoms with Crippen LogP contribution in [0.25, 0.3) is 0 Å². The molecule has 0 saturated carbocycles. The van der Waals surface area contributed by atoms with Gasteiger partial charge in [0.15, 0.2) is 0 Å². The van der Waals surface area contributed by atoms with Crippen LogP contribution in [0.1, 0.15) is 30.9 Å². The maximum Gasteiger partial charge on any atom is 0.227 e. The molecule has 0 aromatic heterocycles. The number of likely N-dealkylation sites (N-methyl/N-ethyl adjacent to an activating group) is 1. The molecule has 2 saturated heterocycles. The number of rotatable bonds is 3. The molecule has 0 radical (unpaired) electrons. The molecule has 2 fully saturated rings. The summed E-state index contributed by atoms with van der Waals surface area (Å²) in [7, 11) is 1.89. The average molecular weight is 483 g/mol. The zero-order valence-corrected chi connectivity index (χ0v) is 19.8. The zero-order chi connectivity index (χ0) is 23.2. The van der Waals surface area contributed by atoms with Gasteiger partial charge in [0.2, 0.25) is 5.91 Å². The number of benzene rings is 2. The van der Waals surface area contributed by atoms with E-state index in [1.54, 1.807) is 17.0 Å². The summed E-state index contributed by atoms with van der Waals surface area (Å²) in [6.07, 6.45) is 0. The summed E-state index contributed by atoms with van der Waals surface area (Å²) >= 11 is 0. The second-order valence-corrected chi connectivity index (χ2v) is 9.48. The van der Waals surface area contributed by atoms with Crippen LogP contribution in [-0.2, 0) is 10.4 Å². The third-order valence-corrected chi connectivity index (χ3v) is 7.29. The lowest BCUT2D eigenvalue weighted by atomic mass is 9.70. The van der Waals surface area contributed by atoms with Gasteiger partial charge in [-0.1, -0.05) is 32.0 Å². The highest BCUT2D eigenvalue weighted by Crippen LogP contribution is 2.43. The summed E-state index contributed by atoms with van der Waals surface area (Å²) in [5, 5.41) is 11.5. The Kier molecular flexibility index (Phi) is 7.46. The molecule has 2 aromatic carbocycles. The van der Waals surface area contributed by atoms with Gasteiger partial charge in [-0.05, 0) is 36.4 Å². The quantitative estimate of drug-likeness (QED) is 0.714. The molecule has 5 atom stereocenters. The first kappa shape index (κ1) is 25.5. The minimum Gasteiger partial charge on any atom is -0.384 e. The number of hydrogen-bond acceptors (Lipinski definition) is 3. The molecule has 33 heavy (non-hydrogen) atoms. The van der Waals surface area contributed by atoms with E-state index >= 15 is 0 Å². The second kappa shape index (κ2) is 9.65. The van der Waals surface area contributed by atoms with E-state index in [1.165, 1.54) is 24.3 Å². The molecule has 1 amide bonds. The van der Waals surface area contributed by atoms with E-state index in [-0.39, 0.29) is 41.9 Å². The number of carbonyl (C=O) groups is 1. The molecule has 2 heterocycles. The van der Waals surface area contributed by atoms with E-state index in [2.05, 4.69) is 0 Å². The highest BCUT2D eigenvalue weighted by atomic mass is 35.5.